The molecule has 1 amide bonds. The van der Waals surface area contributed by atoms with E-state index in [0.29, 0.717) is 5.69 Å². The first-order valence-corrected chi connectivity index (χ1v) is 7.42. The second-order valence-electron chi connectivity index (χ2n) is 5.51. The molecule has 0 bridgehead atoms. The maximum absolute atomic E-state index is 12.4. The first-order chi connectivity index (χ1) is 9.44. The van der Waals surface area contributed by atoms with E-state index in [1.807, 2.05) is 31.5 Å². The van der Waals surface area contributed by atoms with Crippen LogP contribution in [0.5, 0.6) is 0 Å². The largest absolute Gasteiger partial charge is 0.396 e. The monoisotopic (exact) mass is 281 g/mol. The van der Waals surface area contributed by atoms with E-state index in [1.54, 1.807) is 0 Å². The Morgan fingerprint density at radius 1 is 1.40 bits per heavy atom. The lowest BCUT2D eigenvalue weighted by Crippen LogP contribution is -2.39. The first-order valence-electron chi connectivity index (χ1n) is 7.42. The molecule has 1 aromatic rings. The average Bonchev–Trinajstić information content (AvgIpc) is 2.81. The zero-order valence-electron chi connectivity index (χ0n) is 13.2. The van der Waals surface area contributed by atoms with Gasteiger partial charge in [-0.3, -0.25) is 9.48 Å². The van der Waals surface area contributed by atoms with Gasteiger partial charge in [-0.1, -0.05) is 20.8 Å². The highest BCUT2D eigenvalue weighted by Gasteiger charge is 2.21. The summed E-state index contributed by atoms with van der Waals surface area (Å²) in [5, 5.41) is 16.5. The molecule has 0 saturated heterocycles. The van der Waals surface area contributed by atoms with E-state index in [4.69, 9.17) is 5.11 Å². The molecule has 2 unspecified atom stereocenters. The van der Waals surface area contributed by atoms with Gasteiger partial charge in [0, 0.05) is 12.6 Å². The molecule has 0 radical (unpaired) electrons. The van der Waals surface area contributed by atoms with Crippen molar-refractivity contribution in [3.05, 3.63) is 17.5 Å². The second kappa shape index (κ2) is 7.43. The number of aryl methyl sites for hydroxylation is 1. The number of aliphatic hydroxyl groups is 1. The van der Waals surface area contributed by atoms with Crippen molar-refractivity contribution in [2.24, 2.45) is 5.92 Å². The zero-order chi connectivity index (χ0) is 15.3. The normalized spacial score (nSPS) is 14.3. The van der Waals surface area contributed by atoms with Gasteiger partial charge < -0.3 is 10.4 Å². The molecule has 0 aliphatic carbocycles. The van der Waals surface area contributed by atoms with Crippen LogP contribution in [0.25, 0.3) is 0 Å². The van der Waals surface area contributed by atoms with Crippen LogP contribution >= 0.6 is 0 Å². The number of aliphatic hydroxyl groups excluding tert-OH is 1. The first kappa shape index (κ1) is 16.7. The maximum atomic E-state index is 12.4. The van der Waals surface area contributed by atoms with Gasteiger partial charge in [0.15, 0.2) is 0 Å². The summed E-state index contributed by atoms with van der Waals surface area (Å²) in [6.07, 6.45) is 1.89. The minimum Gasteiger partial charge on any atom is -0.396 e. The SMILES string of the molecule is CCC(CC)n1nc(C)cc1C(=O)NC(C)C(C)CO. The number of aromatic nitrogens is 2. The Balaban J connectivity index is 2.93. The fourth-order valence-corrected chi connectivity index (χ4v) is 2.18. The Bertz CT molecular complexity index is 438. The number of hydrogen-bond donors (Lipinski definition) is 2. The summed E-state index contributed by atoms with van der Waals surface area (Å²) >= 11 is 0. The summed E-state index contributed by atoms with van der Waals surface area (Å²) in [5.41, 5.74) is 1.46. The van der Waals surface area contributed by atoms with Gasteiger partial charge in [-0.25, -0.2) is 0 Å². The van der Waals surface area contributed by atoms with Gasteiger partial charge in [0.05, 0.1) is 11.7 Å². The lowest BCUT2D eigenvalue weighted by molar-refractivity contribution is 0.0902. The molecule has 2 atom stereocenters. The Hall–Kier alpha value is -1.36. The van der Waals surface area contributed by atoms with Crippen molar-refractivity contribution in [3.63, 3.8) is 0 Å². The van der Waals surface area contributed by atoms with Crippen LogP contribution in [0.15, 0.2) is 6.07 Å². The van der Waals surface area contributed by atoms with Gasteiger partial charge in [-0.15, -0.1) is 0 Å². The number of amides is 1. The van der Waals surface area contributed by atoms with Crippen molar-refractivity contribution in [1.82, 2.24) is 15.1 Å². The Morgan fingerprint density at radius 3 is 2.50 bits per heavy atom. The number of carbonyl (C=O) groups excluding carboxylic acids is 1. The van der Waals surface area contributed by atoms with Crippen LogP contribution in [-0.2, 0) is 0 Å². The van der Waals surface area contributed by atoms with Gasteiger partial charge in [0.1, 0.15) is 5.69 Å². The fraction of sp³-hybridized carbons (Fsp3) is 0.733. The average molecular weight is 281 g/mol. The van der Waals surface area contributed by atoms with Crippen LogP contribution in [0.2, 0.25) is 0 Å². The Morgan fingerprint density at radius 2 is 2.00 bits per heavy atom. The molecule has 0 saturated carbocycles. The van der Waals surface area contributed by atoms with E-state index >= 15 is 0 Å². The molecule has 0 aliphatic heterocycles. The van der Waals surface area contributed by atoms with Crippen molar-refractivity contribution in [2.75, 3.05) is 6.61 Å². The summed E-state index contributed by atoms with van der Waals surface area (Å²) in [6.45, 7) is 9.98. The van der Waals surface area contributed by atoms with Crippen LogP contribution < -0.4 is 5.32 Å². The lowest BCUT2D eigenvalue weighted by Gasteiger charge is -2.21. The van der Waals surface area contributed by atoms with Crippen LogP contribution in [0, 0.1) is 12.8 Å². The fourth-order valence-electron chi connectivity index (χ4n) is 2.18. The molecule has 20 heavy (non-hydrogen) atoms. The van der Waals surface area contributed by atoms with Crippen LogP contribution in [0.3, 0.4) is 0 Å². The number of carbonyl (C=O) groups is 1. The Kier molecular flexibility index (Phi) is 6.20. The third kappa shape index (κ3) is 3.82. The third-order valence-electron chi connectivity index (χ3n) is 3.88. The second-order valence-corrected chi connectivity index (χ2v) is 5.51. The van der Waals surface area contributed by atoms with Gasteiger partial charge in [0.25, 0.3) is 5.91 Å². The van der Waals surface area contributed by atoms with Crippen molar-refractivity contribution >= 4 is 5.91 Å². The van der Waals surface area contributed by atoms with Gasteiger partial charge in [0.2, 0.25) is 0 Å². The molecule has 5 nitrogen and oxygen atoms in total. The summed E-state index contributed by atoms with van der Waals surface area (Å²) in [6, 6.07) is 2.00. The van der Waals surface area contributed by atoms with Gasteiger partial charge in [-0.2, -0.15) is 5.10 Å². The molecule has 114 valence electrons. The van der Waals surface area contributed by atoms with Crippen LogP contribution in [0.4, 0.5) is 0 Å². The highest BCUT2D eigenvalue weighted by Crippen LogP contribution is 2.18. The molecule has 0 aliphatic rings. The van der Waals surface area contributed by atoms with Crippen molar-refractivity contribution in [1.29, 1.82) is 0 Å². The quantitative estimate of drug-likeness (QED) is 0.806. The summed E-state index contributed by atoms with van der Waals surface area (Å²) in [7, 11) is 0. The third-order valence-corrected chi connectivity index (χ3v) is 3.88. The molecule has 1 heterocycles. The molecular weight excluding hydrogens is 254 g/mol. The summed E-state index contributed by atoms with van der Waals surface area (Å²) in [4.78, 5) is 12.4. The minimum atomic E-state index is -0.120. The van der Waals surface area contributed by atoms with E-state index in [9.17, 15) is 4.79 Å². The number of rotatable bonds is 7. The van der Waals surface area contributed by atoms with Crippen molar-refractivity contribution < 1.29 is 9.90 Å². The number of hydrogen-bond acceptors (Lipinski definition) is 3. The molecule has 0 aromatic carbocycles. The maximum Gasteiger partial charge on any atom is 0.269 e. The van der Waals surface area contributed by atoms with Gasteiger partial charge in [-0.05, 0) is 38.7 Å². The predicted molar refractivity (Wildman–Crippen MR) is 79.8 cm³/mol. The van der Waals surface area contributed by atoms with E-state index in [0.717, 1.165) is 18.5 Å². The summed E-state index contributed by atoms with van der Waals surface area (Å²) in [5.74, 6) is -0.0881. The van der Waals surface area contributed by atoms with Crippen LogP contribution in [-0.4, -0.2) is 33.4 Å². The molecule has 0 fully saturated rings. The highest BCUT2D eigenvalue weighted by atomic mass is 16.3. The van der Waals surface area contributed by atoms with Crippen molar-refractivity contribution in [3.8, 4) is 0 Å². The molecule has 2 N–H and O–H groups in total. The Labute approximate surface area is 121 Å². The number of nitrogens with zero attached hydrogens (tertiary/aromatic N) is 2. The molecule has 1 aromatic heterocycles. The zero-order valence-corrected chi connectivity index (χ0v) is 13.2. The lowest BCUT2D eigenvalue weighted by atomic mass is 10.1. The number of nitrogens with one attached hydrogen (secondary N) is 1. The topological polar surface area (TPSA) is 67.2 Å². The molecule has 1 rings (SSSR count). The standard InChI is InChI=1S/C15H27N3O2/c1-6-13(7-2)18-14(8-11(4)17-18)15(20)16-12(5)10(3)9-19/h8,10,12-13,19H,6-7,9H2,1-5H3,(H,16,20). The molecule has 5 heteroatoms. The van der Waals surface area contributed by atoms with E-state index in [-0.39, 0.29) is 30.5 Å². The van der Waals surface area contributed by atoms with Crippen molar-refractivity contribution in [2.45, 2.75) is 59.5 Å². The molecule has 0 spiro atoms. The van der Waals surface area contributed by atoms with E-state index in [1.165, 1.54) is 0 Å². The minimum absolute atomic E-state index is 0.0320. The van der Waals surface area contributed by atoms with E-state index in [2.05, 4.69) is 24.3 Å². The van der Waals surface area contributed by atoms with E-state index < -0.39 is 0 Å². The summed E-state index contributed by atoms with van der Waals surface area (Å²) < 4.78 is 1.83. The molecular formula is C15H27N3O2. The highest BCUT2D eigenvalue weighted by molar-refractivity contribution is 5.92. The van der Waals surface area contributed by atoms with Crippen LogP contribution in [0.1, 0.15) is 62.8 Å². The predicted octanol–water partition coefficient (Wildman–Crippen LogP) is 2.30. The smallest absolute Gasteiger partial charge is 0.269 e. The van der Waals surface area contributed by atoms with Gasteiger partial charge >= 0.3 is 0 Å².